The van der Waals surface area contributed by atoms with Gasteiger partial charge in [-0.2, -0.15) is 0 Å². The fourth-order valence-corrected chi connectivity index (χ4v) is 3.08. The van der Waals surface area contributed by atoms with Gasteiger partial charge in [-0.25, -0.2) is 0 Å². The molecule has 0 aromatic heterocycles. The van der Waals surface area contributed by atoms with Crippen LogP contribution in [0.3, 0.4) is 0 Å². The summed E-state index contributed by atoms with van der Waals surface area (Å²) in [7, 11) is 0. The summed E-state index contributed by atoms with van der Waals surface area (Å²) < 4.78 is 0. The van der Waals surface area contributed by atoms with E-state index < -0.39 is 0 Å². The van der Waals surface area contributed by atoms with Crippen LogP contribution < -0.4 is 0 Å². The first-order chi connectivity index (χ1) is 9.63. The highest BCUT2D eigenvalue weighted by Crippen LogP contribution is 2.39. The highest BCUT2D eigenvalue weighted by atomic mass is 16.1. The van der Waals surface area contributed by atoms with Gasteiger partial charge in [-0.05, 0) is 42.7 Å². The van der Waals surface area contributed by atoms with Crippen molar-refractivity contribution in [1.29, 1.82) is 0 Å². The van der Waals surface area contributed by atoms with Crippen molar-refractivity contribution in [3.8, 4) is 0 Å². The van der Waals surface area contributed by atoms with E-state index in [1.54, 1.807) is 0 Å². The van der Waals surface area contributed by atoms with E-state index in [-0.39, 0.29) is 5.92 Å². The first kappa shape index (κ1) is 12.9. The molecule has 1 unspecified atom stereocenters. The van der Waals surface area contributed by atoms with Crippen LogP contribution in [0, 0.1) is 0 Å². The molecule has 100 valence electrons. The lowest BCUT2D eigenvalue weighted by Gasteiger charge is -2.15. The molecule has 3 rings (SSSR count). The molecule has 1 aliphatic carbocycles. The summed E-state index contributed by atoms with van der Waals surface area (Å²) in [6, 6.07) is 12.3. The van der Waals surface area contributed by atoms with Crippen molar-refractivity contribution in [2.75, 3.05) is 0 Å². The molecular formula is C19H18O. The maximum atomic E-state index is 11.6. The fourth-order valence-electron chi connectivity index (χ4n) is 3.08. The summed E-state index contributed by atoms with van der Waals surface area (Å²) in [6.07, 6.45) is 3.27. The number of carbonyl (C=O) groups is 1. The Morgan fingerprint density at radius 2 is 1.75 bits per heavy atom. The van der Waals surface area contributed by atoms with Crippen LogP contribution in [-0.2, 0) is 0 Å². The van der Waals surface area contributed by atoms with Crippen LogP contribution in [-0.4, -0.2) is 6.29 Å². The lowest BCUT2D eigenvalue weighted by atomic mass is 9.88. The first-order valence-electron chi connectivity index (χ1n) is 6.96. The average Bonchev–Trinajstić information content (AvgIpc) is 2.73. The molecule has 20 heavy (non-hydrogen) atoms. The van der Waals surface area contributed by atoms with Gasteiger partial charge in [0.1, 0.15) is 0 Å². The Hall–Kier alpha value is -2.15. The standard InChI is InChI=1S/C19H18O/c1-12-10-18(14(3)13(12)2)17-9-8-15-6-4-5-7-16(15)19(17)11-20/h4-11,18H,1-3H3. The second-order valence-electron chi connectivity index (χ2n) is 5.54. The van der Waals surface area contributed by atoms with E-state index in [2.05, 4.69) is 45.0 Å². The van der Waals surface area contributed by atoms with E-state index in [4.69, 9.17) is 0 Å². The molecule has 0 spiro atoms. The molecule has 1 atom stereocenters. The highest BCUT2D eigenvalue weighted by molar-refractivity contribution is 6.00. The van der Waals surface area contributed by atoms with Crippen molar-refractivity contribution in [3.05, 3.63) is 70.3 Å². The zero-order valence-corrected chi connectivity index (χ0v) is 12.1. The van der Waals surface area contributed by atoms with Crippen molar-refractivity contribution in [2.24, 2.45) is 0 Å². The lowest BCUT2D eigenvalue weighted by Crippen LogP contribution is -2.01. The first-order valence-corrected chi connectivity index (χ1v) is 6.96. The minimum absolute atomic E-state index is 0.236. The third-order valence-corrected chi connectivity index (χ3v) is 4.52. The summed E-state index contributed by atoms with van der Waals surface area (Å²) in [5.74, 6) is 0.236. The maximum absolute atomic E-state index is 11.6. The molecule has 1 nitrogen and oxygen atoms in total. The normalized spacial score (nSPS) is 18.6. The molecule has 0 N–H and O–H groups in total. The number of fused-ring (bicyclic) bond motifs is 1. The van der Waals surface area contributed by atoms with Gasteiger partial charge in [-0.3, -0.25) is 4.79 Å². The molecule has 1 aliphatic rings. The van der Waals surface area contributed by atoms with E-state index in [0.717, 1.165) is 28.2 Å². The molecular weight excluding hydrogens is 244 g/mol. The van der Waals surface area contributed by atoms with Crippen LogP contribution in [0.15, 0.2) is 59.2 Å². The van der Waals surface area contributed by atoms with Gasteiger partial charge >= 0.3 is 0 Å². The molecule has 0 heterocycles. The summed E-state index contributed by atoms with van der Waals surface area (Å²) in [6.45, 7) is 6.46. The second-order valence-corrected chi connectivity index (χ2v) is 5.54. The third kappa shape index (κ3) is 1.82. The second kappa shape index (κ2) is 4.75. The van der Waals surface area contributed by atoms with Gasteiger partial charge < -0.3 is 0 Å². The molecule has 2 aromatic rings. The summed E-state index contributed by atoms with van der Waals surface area (Å²) in [5, 5.41) is 2.17. The van der Waals surface area contributed by atoms with Crippen LogP contribution in [0.25, 0.3) is 10.8 Å². The third-order valence-electron chi connectivity index (χ3n) is 4.52. The number of allylic oxidation sites excluding steroid dienone is 4. The van der Waals surface area contributed by atoms with E-state index >= 15 is 0 Å². The average molecular weight is 262 g/mol. The number of hydrogen-bond donors (Lipinski definition) is 0. The van der Waals surface area contributed by atoms with Crippen molar-refractivity contribution in [3.63, 3.8) is 0 Å². The Balaban J connectivity index is 2.26. The van der Waals surface area contributed by atoms with Crippen molar-refractivity contribution in [1.82, 2.24) is 0 Å². The molecule has 0 radical (unpaired) electrons. The van der Waals surface area contributed by atoms with Gasteiger partial charge in [0.25, 0.3) is 0 Å². The number of carbonyl (C=O) groups excluding carboxylic acids is 1. The Kier molecular flexibility index (Phi) is 3.06. The zero-order chi connectivity index (χ0) is 14.3. The molecule has 1 heteroatoms. The Labute approximate surface area is 119 Å². The lowest BCUT2D eigenvalue weighted by molar-refractivity contribution is 0.112. The Morgan fingerprint density at radius 3 is 2.40 bits per heavy atom. The molecule has 2 aromatic carbocycles. The minimum Gasteiger partial charge on any atom is -0.298 e. The smallest absolute Gasteiger partial charge is 0.150 e. The minimum atomic E-state index is 0.236. The fraction of sp³-hybridized carbons (Fsp3) is 0.211. The van der Waals surface area contributed by atoms with Crippen molar-refractivity contribution < 1.29 is 4.79 Å². The largest absolute Gasteiger partial charge is 0.298 e. The van der Waals surface area contributed by atoms with Gasteiger partial charge in [0.15, 0.2) is 6.29 Å². The van der Waals surface area contributed by atoms with Crippen LogP contribution in [0.4, 0.5) is 0 Å². The zero-order valence-electron chi connectivity index (χ0n) is 12.1. The van der Waals surface area contributed by atoms with E-state index in [1.807, 2.05) is 18.2 Å². The van der Waals surface area contributed by atoms with Gasteiger partial charge in [0.2, 0.25) is 0 Å². The summed E-state index contributed by atoms with van der Waals surface area (Å²) in [4.78, 5) is 11.6. The molecule has 0 bridgehead atoms. The van der Waals surface area contributed by atoms with Gasteiger partial charge in [0, 0.05) is 11.5 Å². The van der Waals surface area contributed by atoms with Crippen LogP contribution in [0.2, 0.25) is 0 Å². The summed E-state index contributed by atoms with van der Waals surface area (Å²) >= 11 is 0. The molecule has 0 aliphatic heterocycles. The monoisotopic (exact) mass is 262 g/mol. The SMILES string of the molecule is CC1=CC(c2ccc3ccccc3c2C=O)C(C)=C1C. The topological polar surface area (TPSA) is 17.1 Å². The molecule has 0 saturated heterocycles. The van der Waals surface area contributed by atoms with Crippen LogP contribution in [0.1, 0.15) is 42.6 Å². The maximum Gasteiger partial charge on any atom is 0.150 e. The van der Waals surface area contributed by atoms with Gasteiger partial charge in [-0.15, -0.1) is 0 Å². The number of aldehydes is 1. The van der Waals surface area contributed by atoms with Gasteiger partial charge in [-0.1, -0.05) is 53.6 Å². The molecule has 0 saturated carbocycles. The van der Waals surface area contributed by atoms with Gasteiger partial charge in [0.05, 0.1) is 0 Å². The highest BCUT2D eigenvalue weighted by Gasteiger charge is 2.23. The number of rotatable bonds is 2. The van der Waals surface area contributed by atoms with Crippen molar-refractivity contribution in [2.45, 2.75) is 26.7 Å². The predicted molar refractivity (Wildman–Crippen MR) is 84.2 cm³/mol. The van der Waals surface area contributed by atoms with Crippen molar-refractivity contribution >= 4 is 17.1 Å². The van der Waals surface area contributed by atoms with E-state index in [0.29, 0.717) is 0 Å². The molecule has 0 amide bonds. The van der Waals surface area contributed by atoms with Crippen LogP contribution >= 0.6 is 0 Å². The Morgan fingerprint density at radius 1 is 1.00 bits per heavy atom. The van der Waals surface area contributed by atoms with E-state index in [1.165, 1.54) is 16.7 Å². The Bertz CT molecular complexity index is 762. The predicted octanol–water partition coefficient (Wildman–Crippen LogP) is 5.03. The quantitative estimate of drug-likeness (QED) is 0.693. The molecule has 0 fully saturated rings. The van der Waals surface area contributed by atoms with Crippen LogP contribution in [0.5, 0.6) is 0 Å². The number of hydrogen-bond acceptors (Lipinski definition) is 1. The summed E-state index contributed by atoms with van der Waals surface area (Å²) in [5.41, 5.74) is 5.96. The van der Waals surface area contributed by atoms with E-state index in [9.17, 15) is 4.79 Å². The number of benzene rings is 2.